The molecule has 0 bridgehead atoms. The monoisotopic (exact) mass is 281 g/mol. The Morgan fingerprint density at radius 3 is 2.50 bits per heavy atom. The maximum absolute atomic E-state index is 5.85. The van der Waals surface area contributed by atoms with Crippen LogP contribution in [0.1, 0.15) is 34.2 Å². The van der Waals surface area contributed by atoms with Gasteiger partial charge in [-0.1, -0.05) is 11.6 Å². The maximum Gasteiger partial charge on any atom is 0.129 e. The molecule has 0 aliphatic carbocycles. The van der Waals surface area contributed by atoms with E-state index in [2.05, 4.69) is 29.1 Å². The summed E-state index contributed by atoms with van der Waals surface area (Å²) in [6, 6.07) is 3.91. The van der Waals surface area contributed by atoms with Crippen molar-refractivity contribution in [3.63, 3.8) is 0 Å². The van der Waals surface area contributed by atoms with Gasteiger partial charge in [0.2, 0.25) is 0 Å². The van der Waals surface area contributed by atoms with Crippen LogP contribution in [-0.2, 0) is 0 Å². The molecule has 2 aromatic rings. The molecule has 0 saturated carbocycles. The first kappa shape index (κ1) is 13.3. The van der Waals surface area contributed by atoms with Gasteiger partial charge in [0.05, 0.1) is 28.1 Å². The zero-order valence-corrected chi connectivity index (χ0v) is 12.5. The van der Waals surface area contributed by atoms with Crippen LogP contribution in [0.25, 0.3) is 0 Å². The fourth-order valence-corrected chi connectivity index (χ4v) is 3.04. The molecule has 0 radical (unpaired) electrons. The largest absolute Gasteiger partial charge is 0.375 e. The Bertz CT molecular complexity index is 565. The topological polar surface area (TPSA) is 37.8 Å². The molecule has 3 nitrogen and oxygen atoms in total. The normalized spacial score (nSPS) is 12.5. The van der Waals surface area contributed by atoms with E-state index in [4.69, 9.17) is 11.6 Å². The molecular formula is C13H16ClN3S. The first-order valence-corrected chi connectivity index (χ1v) is 7.00. The van der Waals surface area contributed by atoms with E-state index in [-0.39, 0.29) is 6.04 Å². The van der Waals surface area contributed by atoms with Crippen molar-refractivity contribution in [1.82, 2.24) is 9.97 Å². The van der Waals surface area contributed by atoms with Crippen molar-refractivity contribution in [3.8, 4) is 0 Å². The third kappa shape index (κ3) is 2.82. The van der Waals surface area contributed by atoms with Crippen LogP contribution in [-0.4, -0.2) is 9.97 Å². The van der Waals surface area contributed by atoms with Crippen molar-refractivity contribution in [3.05, 3.63) is 38.6 Å². The Morgan fingerprint density at radius 1 is 1.22 bits per heavy atom. The van der Waals surface area contributed by atoms with E-state index in [0.29, 0.717) is 5.15 Å². The molecule has 18 heavy (non-hydrogen) atoms. The van der Waals surface area contributed by atoms with Crippen molar-refractivity contribution >= 4 is 28.6 Å². The zero-order chi connectivity index (χ0) is 13.3. The van der Waals surface area contributed by atoms with Crippen LogP contribution in [0.4, 0.5) is 5.69 Å². The molecule has 0 saturated heterocycles. The van der Waals surface area contributed by atoms with Crippen molar-refractivity contribution < 1.29 is 0 Å². The van der Waals surface area contributed by atoms with Crippen molar-refractivity contribution in [1.29, 1.82) is 0 Å². The summed E-state index contributed by atoms with van der Waals surface area (Å²) in [5.74, 6) is 0. The second kappa shape index (κ2) is 5.24. The highest BCUT2D eigenvalue weighted by Gasteiger charge is 2.14. The number of thiazole rings is 1. The summed E-state index contributed by atoms with van der Waals surface area (Å²) in [7, 11) is 0. The summed E-state index contributed by atoms with van der Waals surface area (Å²) >= 11 is 7.58. The van der Waals surface area contributed by atoms with Crippen molar-refractivity contribution in [2.45, 2.75) is 33.7 Å². The van der Waals surface area contributed by atoms with Crippen molar-refractivity contribution in [2.75, 3.05) is 5.32 Å². The van der Waals surface area contributed by atoms with Gasteiger partial charge < -0.3 is 5.32 Å². The Kier molecular flexibility index (Phi) is 3.88. The quantitative estimate of drug-likeness (QED) is 0.853. The number of aromatic nitrogens is 2. The van der Waals surface area contributed by atoms with Crippen LogP contribution in [0, 0.1) is 20.8 Å². The van der Waals surface area contributed by atoms with E-state index in [1.165, 1.54) is 4.88 Å². The number of pyridine rings is 1. The molecule has 2 aromatic heterocycles. The second-order valence-corrected chi connectivity index (χ2v) is 6.10. The van der Waals surface area contributed by atoms with Crippen LogP contribution in [0.15, 0.2) is 12.1 Å². The number of nitrogens with one attached hydrogen (secondary N) is 1. The van der Waals surface area contributed by atoms with E-state index in [1.807, 2.05) is 19.9 Å². The zero-order valence-electron chi connectivity index (χ0n) is 10.9. The van der Waals surface area contributed by atoms with Crippen LogP contribution >= 0.6 is 22.9 Å². The fourth-order valence-electron chi connectivity index (χ4n) is 1.93. The van der Waals surface area contributed by atoms with Crippen LogP contribution in [0.2, 0.25) is 5.15 Å². The number of hydrogen-bond acceptors (Lipinski definition) is 4. The summed E-state index contributed by atoms with van der Waals surface area (Å²) in [4.78, 5) is 10.1. The van der Waals surface area contributed by atoms with Gasteiger partial charge in [-0.25, -0.2) is 9.97 Å². The highest BCUT2D eigenvalue weighted by atomic mass is 35.5. The maximum atomic E-state index is 5.85. The third-order valence-corrected chi connectivity index (χ3v) is 3.89. The second-order valence-electron chi connectivity index (χ2n) is 4.31. The molecular weight excluding hydrogens is 266 g/mol. The van der Waals surface area contributed by atoms with E-state index in [1.54, 1.807) is 17.4 Å². The van der Waals surface area contributed by atoms with E-state index < -0.39 is 0 Å². The first-order chi connectivity index (χ1) is 8.47. The number of nitrogens with zero attached hydrogens (tertiary/aromatic N) is 2. The highest BCUT2D eigenvalue weighted by molar-refractivity contribution is 7.11. The molecule has 0 amide bonds. The number of rotatable bonds is 3. The molecule has 0 fully saturated rings. The molecule has 2 rings (SSSR count). The molecule has 0 aliphatic heterocycles. The smallest absolute Gasteiger partial charge is 0.129 e. The van der Waals surface area contributed by atoms with Crippen LogP contribution in [0.3, 0.4) is 0 Å². The minimum Gasteiger partial charge on any atom is -0.375 e. The van der Waals surface area contributed by atoms with Crippen LogP contribution < -0.4 is 5.32 Å². The summed E-state index contributed by atoms with van der Waals surface area (Å²) < 4.78 is 0. The minimum absolute atomic E-state index is 0.164. The standard InChI is InChI=1S/C13H16ClN3S/c1-7-11(5-6-12(14)16-7)15-8(2)13-9(3)18-10(4)17-13/h5-6,8,15H,1-4H3. The Hall–Kier alpha value is -1.13. The van der Waals surface area contributed by atoms with Gasteiger partial charge in [0, 0.05) is 4.88 Å². The highest BCUT2D eigenvalue weighted by Crippen LogP contribution is 2.26. The van der Waals surface area contributed by atoms with E-state index >= 15 is 0 Å². The summed E-state index contributed by atoms with van der Waals surface area (Å²) in [6.45, 7) is 8.18. The number of aryl methyl sites for hydroxylation is 3. The lowest BCUT2D eigenvalue weighted by molar-refractivity contribution is 0.833. The Balaban J connectivity index is 2.21. The van der Waals surface area contributed by atoms with Gasteiger partial charge in [-0.15, -0.1) is 11.3 Å². The Morgan fingerprint density at radius 2 is 1.94 bits per heavy atom. The average Bonchev–Trinajstić information content (AvgIpc) is 2.62. The van der Waals surface area contributed by atoms with E-state index in [9.17, 15) is 0 Å². The lowest BCUT2D eigenvalue weighted by Gasteiger charge is -2.15. The molecule has 1 atom stereocenters. The summed E-state index contributed by atoms with van der Waals surface area (Å²) in [5, 5.41) is 5.05. The Labute approximate surface area is 116 Å². The minimum atomic E-state index is 0.164. The van der Waals surface area contributed by atoms with Gasteiger partial charge in [0.1, 0.15) is 5.15 Å². The number of hydrogen-bond donors (Lipinski definition) is 1. The van der Waals surface area contributed by atoms with Gasteiger partial charge in [-0.2, -0.15) is 0 Å². The van der Waals surface area contributed by atoms with E-state index in [0.717, 1.165) is 22.1 Å². The molecule has 2 heterocycles. The summed E-state index contributed by atoms with van der Waals surface area (Å²) in [6.07, 6.45) is 0. The molecule has 5 heteroatoms. The predicted molar refractivity (Wildman–Crippen MR) is 77.6 cm³/mol. The number of halogens is 1. The van der Waals surface area contributed by atoms with Crippen LogP contribution in [0.5, 0.6) is 0 Å². The lowest BCUT2D eigenvalue weighted by atomic mass is 10.2. The average molecular weight is 282 g/mol. The molecule has 1 N–H and O–H groups in total. The SMILES string of the molecule is Cc1nc(C(C)Nc2ccc(Cl)nc2C)c(C)s1. The third-order valence-electron chi connectivity index (χ3n) is 2.77. The molecule has 0 aliphatic rings. The molecule has 96 valence electrons. The predicted octanol–water partition coefficient (Wildman–Crippen LogP) is 4.29. The van der Waals surface area contributed by atoms with Gasteiger partial charge >= 0.3 is 0 Å². The fraction of sp³-hybridized carbons (Fsp3) is 0.385. The van der Waals surface area contributed by atoms with Crippen molar-refractivity contribution in [2.24, 2.45) is 0 Å². The summed E-state index contributed by atoms with van der Waals surface area (Å²) in [5.41, 5.74) is 3.00. The van der Waals surface area contributed by atoms with Gasteiger partial charge in [-0.3, -0.25) is 0 Å². The first-order valence-electron chi connectivity index (χ1n) is 5.81. The lowest BCUT2D eigenvalue weighted by Crippen LogP contribution is -2.09. The molecule has 0 spiro atoms. The van der Waals surface area contributed by atoms with Gasteiger partial charge in [0.25, 0.3) is 0 Å². The molecule has 1 unspecified atom stereocenters. The molecule has 0 aromatic carbocycles. The number of anilines is 1. The van der Waals surface area contributed by atoms with Gasteiger partial charge in [0.15, 0.2) is 0 Å². The van der Waals surface area contributed by atoms with Gasteiger partial charge in [-0.05, 0) is 39.8 Å².